The third-order valence-electron chi connectivity index (χ3n) is 4.26. The van der Waals surface area contributed by atoms with Crippen molar-refractivity contribution in [3.63, 3.8) is 0 Å². The molecule has 2 N–H and O–H groups in total. The summed E-state index contributed by atoms with van der Waals surface area (Å²) in [6.07, 6.45) is 5.45. The SMILES string of the molecule is O=C(CCC1CCCCN1)N1CCN(CCO)CC1. The largest absolute Gasteiger partial charge is 0.395 e. The van der Waals surface area contributed by atoms with Crippen LogP contribution in [0, 0.1) is 0 Å². The van der Waals surface area contributed by atoms with Crippen LogP contribution in [-0.2, 0) is 4.79 Å². The maximum atomic E-state index is 12.1. The van der Waals surface area contributed by atoms with Gasteiger partial charge in [-0.25, -0.2) is 0 Å². The van der Waals surface area contributed by atoms with Crippen molar-refractivity contribution in [1.82, 2.24) is 15.1 Å². The Balaban J connectivity index is 1.63. The maximum absolute atomic E-state index is 12.1. The number of piperidine rings is 1. The van der Waals surface area contributed by atoms with Crippen molar-refractivity contribution >= 4 is 5.91 Å². The van der Waals surface area contributed by atoms with Crippen molar-refractivity contribution in [1.29, 1.82) is 0 Å². The van der Waals surface area contributed by atoms with E-state index in [1.807, 2.05) is 4.90 Å². The molecule has 5 heteroatoms. The lowest BCUT2D eigenvalue weighted by Crippen LogP contribution is -2.49. The molecule has 2 fully saturated rings. The predicted molar refractivity (Wildman–Crippen MR) is 75.0 cm³/mol. The molecular weight excluding hydrogens is 242 g/mol. The summed E-state index contributed by atoms with van der Waals surface area (Å²) in [7, 11) is 0. The summed E-state index contributed by atoms with van der Waals surface area (Å²) in [5, 5.41) is 12.4. The zero-order valence-electron chi connectivity index (χ0n) is 11.8. The highest BCUT2D eigenvalue weighted by molar-refractivity contribution is 5.76. The Labute approximate surface area is 115 Å². The molecule has 0 saturated carbocycles. The minimum Gasteiger partial charge on any atom is -0.395 e. The fourth-order valence-corrected chi connectivity index (χ4v) is 2.99. The fraction of sp³-hybridized carbons (Fsp3) is 0.929. The Morgan fingerprint density at radius 1 is 1.21 bits per heavy atom. The van der Waals surface area contributed by atoms with E-state index in [4.69, 9.17) is 5.11 Å². The van der Waals surface area contributed by atoms with Gasteiger partial charge in [-0.05, 0) is 25.8 Å². The van der Waals surface area contributed by atoms with Crippen molar-refractivity contribution in [3.05, 3.63) is 0 Å². The van der Waals surface area contributed by atoms with Crippen LogP contribution in [0.1, 0.15) is 32.1 Å². The molecule has 19 heavy (non-hydrogen) atoms. The van der Waals surface area contributed by atoms with Gasteiger partial charge < -0.3 is 15.3 Å². The summed E-state index contributed by atoms with van der Waals surface area (Å²) in [5.74, 6) is 0.302. The number of hydrogen-bond donors (Lipinski definition) is 2. The van der Waals surface area contributed by atoms with Gasteiger partial charge in [-0.15, -0.1) is 0 Å². The van der Waals surface area contributed by atoms with E-state index < -0.39 is 0 Å². The topological polar surface area (TPSA) is 55.8 Å². The number of hydrogen-bond acceptors (Lipinski definition) is 4. The summed E-state index contributed by atoms with van der Waals surface area (Å²) in [6.45, 7) is 5.48. The molecule has 1 amide bonds. The molecule has 0 aromatic heterocycles. The Kier molecular flexibility index (Phi) is 6.07. The molecule has 0 aromatic carbocycles. The quantitative estimate of drug-likeness (QED) is 0.740. The zero-order valence-corrected chi connectivity index (χ0v) is 11.8. The van der Waals surface area contributed by atoms with Crippen LogP contribution >= 0.6 is 0 Å². The van der Waals surface area contributed by atoms with Gasteiger partial charge >= 0.3 is 0 Å². The third-order valence-corrected chi connectivity index (χ3v) is 4.26. The van der Waals surface area contributed by atoms with Crippen LogP contribution in [0.3, 0.4) is 0 Å². The molecule has 0 bridgehead atoms. The molecule has 1 unspecified atom stereocenters. The number of rotatable bonds is 5. The number of carbonyl (C=O) groups excluding carboxylic acids is 1. The van der Waals surface area contributed by atoms with E-state index in [9.17, 15) is 4.79 Å². The Bertz CT molecular complexity index is 272. The van der Waals surface area contributed by atoms with Crippen molar-refractivity contribution in [2.75, 3.05) is 45.9 Å². The van der Waals surface area contributed by atoms with Crippen molar-refractivity contribution in [3.8, 4) is 0 Å². The van der Waals surface area contributed by atoms with E-state index >= 15 is 0 Å². The minimum absolute atomic E-state index is 0.210. The van der Waals surface area contributed by atoms with Gasteiger partial charge in [0.15, 0.2) is 0 Å². The maximum Gasteiger partial charge on any atom is 0.222 e. The van der Waals surface area contributed by atoms with Gasteiger partial charge in [0.2, 0.25) is 5.91 Å². The lowest BCUT2D eigenvalue weighted by atomic mass is 10.0. The van der Waals surface area contributed by atoms with E-state index in [1.54, 1.807) is 0 Å². The number of aliphatic hydroxyl groups excluding tert-OH is 1. The number of carbonyl (C=O) groups is 1. The molecule has 0 aromatic rings. The molecule has 2 aliphatic rings. The van der Waals surface area contributed by atoms with Crippen LogP contribution in [0.15, 0.2) is 0 Å². The van der Waals surface area contributed by atoms with Crippen LogP contribution in [0.4, 0.5) is 0 Å². The first-order valence-corrected chi connectivity index (χ1v) is 7.64. The third kappa shape index (κ3) is 4.75. The highest BCUT2D eigenvalue weighted by atomic mass is 16.3. The smallest absolute Gasteiger partial charge is 0.222 e. The second kappa shape index (κ2) is 7.82. The van der Waals surface area contributed by atoms with Gasteiger partial charge in [0.25, 0.3) is 0 Å². The molecule has 0 spiro atoms. The van der Waals surface area contributed by atoms with Gasteiger partial charge in [-0.1, -0.05) is 6.42 Å². The van der Waals surface area contributed by atoms with Crippen LogP contribution in [0.25, 0.3) is 0 Å². The second-order valence-electron chi connectivity index (χ2n) is 5.63. The highest BCUT2D eigenvalue weighted by Gasteiger charge is 2.21. The molecule has 0 aliphatic carbocycles. The number of amides is 1. The summed E-state index contributed by atoms with van der Waals surface area (Å²) in [6, 6.07) is 0.549. The van der Waals surface area contributed by atoms with Crippen LogP contribution in [0.2, 0.25) is 0 Å². The molecule has 2 aliphatic heterocycles. The zero-order chi connectivity index (χ0) is 13.5. The van der Waals surface area contributed by atoms with Gasteiger partial charge in [0.05, 0.1) is 6.61 Å². The van der Waals surface area contributed by atoms with E-state index in [0.717, 1.165) is 45.7 Å². The molecule has 1 atom stereocenters. The first-order valence-electron chi connectivity index (χ1n) is 7.64. The number of aliphatic hydroxyl groups is 1. The Morgan fingerprint density at radius 3 is 2.63 bits per heavy atom. The number of piperazine rings is 1. The molecule has 5 nitrogen and oxygen atoms in total. The summed E-state index contributed by atoms with van der Waals surface area (Å²) in [5.41, 5.74) is 0. The summed E-state index contributed by atoms with van der Waals surface area (Å²) >= 11 is 0. The molecule has 2 saturated heterocycles. The second-order valence-corrected chi connectivity index (χ2v) is 5.63. The van der Waals surface area contributed by atoms with E-state index in [0.29, 0.717) is 18.4 Å². The van der Waals surface area contributed by atoms with E-state index in [2.05, 4.69) is 10.2 Å². The number of β-amino-alcohol motifs (C(OH)–C–C–N with tert-alkyl or cyclic N) is 1. The average molecular weight is 269 g/mol. The molecule has 110 valence electrons. The standard InChI is InChI=1S/C14H27N3O2/c18-12-11-16-7-9-17(10-8-16)14(19)5-4-13-3-1-2-6-15-13/h13,15,18H,1-12H2. The first kappa shape index (κ1) is 14.8. The molecule has 0 radical (unpaired) electrons. The van der Waals surface area contributed by atoms with Crippen molar-refractivity contribution in [2.45, 2.75) is 38.1 Å². The Hall–Kier alpha value is -0.650. The normalized spacial score (nSPS) is 25.5. The number of nitrogens with one attached hydrogen (secondary N) is 1. The fourth-order valence-electron chi connectivity index (χ4n) is 2.99. The van der Waals surface area contributed by atoms with Crippen LogP contribution in [0.5, 0.6) is 0 Å². The molecular formula is C14H27N3O2. The van der Waals surface area contributed by atoms with Crippen molar-refractivity contribution < 1.29 is 9.90 Å². The molecule has 2 heterocycles. The first-order chi connectivity index (χ1) is 9.29. The van der Waals surface area contributed by atoms with Crippen LogP contribution < -0.4 is 5.32 Å². The minimum atomic E-state index is 0.210. The van der Waals surface area contributed by atoms with Gasteiger partial charge in [-0.2, -0.15) is 0 Å². The monoisotopic (exact) mass is 269 g/mol. The highest BCUT2D eigenvalue weighted by Crippen LogP contribution is 2.13. The van der Waals surface area contributed by atoms with Gasteiger partial charge in [0.1, 0.15) is 0 Å². The number of nitrogens with zero attached hydrogens (tertiary/aromatic N) is 2. The van der Waals surface area contributed by atoms with E-state index in [1.165, 1.54) is 19.3 Å². The van der Waals surface area contributed by atoms with Crippen LogP contribution in [-0.4, -0.2) is 72.7 Å². The average Bonchev–Trinajstić information content (AvgIpc) is 2.47. The lowest BCUT2D eigenvalue weighted by Gasteiger charge is -2.34. The molecule has 2 rings (SSSR count). The van der Waals surface area contributed by atoms with Gasteiger partial charge in [-0.3, -0.25) is 9.69 Å². The summed E-state index contributed by atoms with van der Waals surface area (Å²) in [4.78, 5) is 16.3. The summed E-state index contributed by atoms with van der Waals surface area (Å²) < 4.78 is 0. The van der Waals surface area contributed by atoms with Gasteiger partial charge in [0, 0.05) is 45.2 Å². The Morgan fingerprint density at radius 2 is 2.00 bits per heavy atom. The van der Waals surface area contributed by atoms with E-state index in [-0.39, 0.29) is 6.61 Å². The lowest BCUT2D eigenvalue weighted by molar-refractivity contribution is -0.133. The predicted octanol–water partition coefficient (Wildman–Crippen LogP) is 0.0452. The van der Waals surface area contributed by atoms with Crippen molar-refractivity contribution in [2.24, 2.45) is 0 Å².